The van der Waals surface area contributed by atoms with Crippen LogP contribution >= 0.6 is 11.3 Å². The number of hydrogen-bond acceptors (Lipinski definition) is 5. The summed E-state index contributed by atoms with van der Waals surface area (Å²) in [6.45, 7) is 0.820. The van der Waals surface area contributed by atoms with Gasteiger partial charge in [0.2, 0.25) is 0 Å². The maximum atomic E-state index is 5.63. The van der Waals surface area contributed by atoms with E-state index in [1.807, 2.05) is 11.6 Å². The van der Waals surface area contributed by atoms with Crippen LogP contribution in [0.15, 0.2) is 29.2 Å². The van der Waals surface area contributed by atoms with Crippen molar-refractivity contribution in [2.24, 2.45) is 0 Å². The number of nitrogens with zero attached hydrogens (tertiary/aromatic N) is 2. The van der Waals surface area contributed by atoms with E-state index in [1.54, 1.807) is 23.6 Å². The average Bonchev–Trinajstić information content (AvgIpc) is 2.71. The lowest BCUT2D eigenvalue weighted by Gasteiger charge is -2.04. The number of pyridine rings is 1. The molecule has 5 heteroatoms. The smallest absolute Gasteiger partial charge is 0.127 e. The zero-order chi connectivity index (χ0) is 10.5. The van der Waals surface area contributed by atoms with Crippen LogP contribution in [0.25, 0.3) is 0 Å². The van der Waals surface area contributed by atoms with Crippen molar-refractivity contribution in [1.29, 1.82) is 0 Å². The maximum absolute atomic E-state index is 5.63. The number of anilines is 2. The lowest BCUT2D eigenvalue weighted by molar-refractivity contribution is 0.968. The number of rotatable bonds is 4. The first kappa shape index (κ1) is 9.92. The van der Waals surface area contributed by atoms with E-state index in [9.17, 15) is 0 Å². The third-order valence-electron chi connectivity index (χ3n) is 1.95. The molecule has 2 aromatic heterocycles. The van der Waals surface area contributed by atoms with E-state index in [-0.39, 0.29) is 0 Å². The van der Waals surface area contributed by atoms with Crippen LogP contribution < -0.4 is 11.1 Å². The lowest BCUT2D eigenvalue weighted by Crippen LogP contribution is -2.06. The Balaban J connectivity index is 1.83. The highest BCUT2D eigenvalue weighted by Gasteiger charge is 1.96. The van der Waals surface area contributed by atoms with Gasteiger partial charge in [0.05, 0.1) is 11.2 Å². The second kappa shape index (κ2) is 4.75. The van der Waals surface area contributed by atoms with Crippen molar-refractivity contribution in [3.05, 3.63) is 34.9 Å². The first-order valence-corrected chi connectivity index (χ1v) is 5.61. The van der Waals surface area contributed by atoms with Crippen LogP contribution in [0, 0.1) is 0 Å². The molecule has 0 atom stereocenters. The zero-order valence-corrected chi connectivity index (χ0v) is 9.00. The summed E-state index contributed by atoms with van der Waals surface area (Å²) in [6.07, 6.45) is 2.60. The molecule has 0 aliphatic rings. The molecule has 0 unspecified atom stereocenters. The quantitative estimate of drug-likeness (QED) is 0.824. The molecule has 15 heavy (non-hydrogen) atoms. The number of nitrogens with one attached hydrogen (secondary N) is 1. The average molecular weight is 220 g/mol. The summed E-state index contributed by atoms with van der Waals surface area (Å²) in [7, 11) is 0. The normalized spacial score (nSPS) is 10.1. The monoisotopic (exact) mass is 220 g/mol. The molecule has 0 amide bonds. The van der Waals surface area contributed by atoms with E-state index in [0.717, 1.165) is 30.2 Å². The van der Waals surface area contributed by atoms with Gasteiger partial charge in [0.15, 0.2) is 0 Å². The minimum absolute atomic E-state index is 0.723. The highest BCUT2D eigenvalue weighted by atomic mass is 32.1. The molecule has 0 fully saturated rings. The van der Waals surface area contributed by atoms with Crippen LogP contribution in [0.1, 0.15) is 5.69 Å². The molecule has 3 N–H and O–H groups in total. The van der Waals surface area contributed by atoms with Gasteiger partial charge in [-0.2, -0.15) is 0 Å². The van der Waals surface area contributed by atoms with Crippen molar-refractivity contribution in [1.82, 2.24) is 9.97 Å². The highest BCUT2D eigenvalue weighted by Crippen LogP contribution is 2.08. The Kier molecular flexibility index (Phi) is 3.14. The standard InChI is InChI=1S/C10H12N4S/c11-8-1-3-12-10(5-8)13-4-2-9-6-15-7-14-9/h1,3,5-7H,2,4H2,(H3,11,12,13). The van der Waals surface area contributed by atoms with Gasteiger partial charge in [0.1, 0.15) is 5.82 Å². The van der Waals surface area contributed by atoms with Gasteiger partial charge in [-0.15, -0.1) is 11.3 Å². The van der Waals surface area contributed by atoms with Gasteiger partial charge >= 0.3 is 0 Å². The molecule has 0 saturated heterocycles. The summed E-state index contributed by atoms with van der Waals surface area (Å²) in [5.41, 5.74) is 9.31. The third kappa shape index (κ3) is 2.92. The van der Waals surface area contributed by atoms with Gasteiger partial charge in [-0.25, -0.2) is 9.97 Å². The molecule has 78 valence electrons. The zero-order valence-electron chi connectivity index (χ0n) is 8.18. The lowest BCUT2D eigenvalue weighted by atomic mass is 10.3. The Morgan fingerprint density at radius 1 is 1.40 bits per heavy atom. The van der Waals surface area contributed by atoms with Crippen LogP contribution in [0.5, 0.6) is 0 Å². The molecule has 0 radical (unpaired) electrons. The minimum Gasteiger partial charge on any atom is -0.399 e. The molecular weight excluding hydrogens is 208 g/mol. The number of nitrogens with two attached hydrogens (primary N) is 1. The fourth-order valence-electron chi connectivity index (χ4n) is 1.22. The Hall–Kier alpha value is -1.62. The molecule has 0 saturated carbocycles. The van der Waals surface area contributed by atoms with Crippen LogP contribution in [0.3, 0.4) is 0 Å². The molecule has 0 spiro atoms. The largest absolute Gasteiger partial charge is 0.399 e. The maximum Gasteiger partial charge on any atom is 0.127 e. The van der Waals surface area contributed by atoms with Crippen LogP contribution in [0.4, 0.5) is 11.5 Å². The Labute approximate surface area is 92.2 Å². The Bertz CT molecular complexity index is 413. The van der Waals surface area contributed by atoms with Crippen molar-refractivity contribution in [2.75, 3.05) is 17.6 Å². The van der Waals surface area contributed by atoms with Gasteiger partial charge in [-0.05, 0) is 6.07 Å². The SMILES string of the molecule is Nc1ccnc(NCCc2cscn2)c1. The van der Waals surface area contributed by atoms with Crippen LogP contribution in [0.2, 0.25) is 0 Å². The van der Waals surface area contributed by atoms with Gasteiger partial charge in [0.25, 0.3) is 0 Å². The number of aromatic nitrogens is 2. The third-order valence-corrected chi connectivity index (χ3v) is 2.59. The summed E-state index contributed by atoms with van der Waals surface area (Å²) >= 11 is 1.61. The fraction of sp³-hybridized carbons (Fsp3) is 0.200. The predicted octanol–water partition coefficient (Wildman–Crippen LogP) is 1.77. The van der Waals surface area contributed by atoms with E-state index in [1.165, 1.54) is 0 Å². The Morgan fingerprint density at radius 2 is 2.33 bits per heavy atom. The highest BCUT2D eigenvalue weighted by molar-refractivity contribution is 7.07. The van der Waals surface area contributed by atoms with E-state index < -0.39 is 0 Å². The topological polar surface area (TPSA) is 63.8 Å². The number of thiazole rings is 1. The second-order valence-corrected chi connectivity index (χ2v) is 3.85. The van der Waals surface area contributed by atoms with E-state index in [2.05, 4.69) is 20.7 Å². The van der Waals surface area contributed by atoms with Gasteiger partial charge < -0.3 is 11.1 Å². The fourth-order valence-corrected chi connectivity index (χ4v) is 1.82. The van der Waals surface area contributed by atoms with E-state index in [4.69, 9.17) is 5.73 Å². The molecular formula is C10H12N4S. The number of hydrogen-bond donors (Lipinski definition) is 2. The Morgan fingerprint density at radius 3 is 3.07 bits per heavy atom. The molecule has 2 aromatic rings. The summed E-state index contributed by atoms with van der Waals surface area (Å²) in [6, 6.07) is 3.59. The van der Waals surface area contributed by atoms with Crippen LogP contribution in [-0.2, 0) is 6.42 Å². The summed E-state index contributed by atoms with van der Waals surface area (Å²) in [5, 5.41) is 5.25. The van der Waals surface area contributed by atoms with Gasteiger partial charge in [-0.3, -0.25) is 0 Å². The molecule has 0 bridgehead atoms. The molecule has 0 aromatic carbocycles. The first-order valence-electron chi connectivity index (χ1n) is 4.67. The predicted molar refractivity (Wildman–Crippen MR) is 63.0 cm³/mol. The van der Waals surface area contributed by atoms with E-state index >= 15 is 0 Å². The molecule has 4 nitrogen and oxygen atoms in total. The molecule has 0 aliphatic heterocycles. The van der Waals surface area contributed by atoms with Crippen LogP contribution in [-0.4, -0.2) is 16.5 Å². The van der Waals surface area contributed by atoms with Crippen molar-refractivity contribution >= 4 is 22.8 Å². The summed E-state index contributed by atoms with van der Waals surface area (Å²) in [5.74, 6) is 0.810. The number of nitrogen functional groups attached to an aromatic ring is 1. The second-order valence-electron chi connectivity index (χ2n) is 3.13. The minimum atomic E-state index is 0.723. The van der Waals surface area contributed by atoms with Crippen molar-refractivity contribution in [3.8, 4) is 0 Å². The molecule has 2 heterocycles. The van der Waals surface area contributed by atoms with Gasteiger partial charge in [0, 0.05) is 36.3 Å². The van der Waals surface area contributed by atoms with Gasteiger partial charge in [-0.1, -0.05) is 0 Å². The van der Waals surface area contributed by atoms with Crippen molar-refractivity contribution in [3.63, 3.8) is 0 Å². The molecule has 2 rings (SSSR count). The van der Waals surface area contributed by atoms with Crippen molar-refractivity contribution < 1.29 is 0 Å². The molecule has 0 aliphatic carbocycles. The van der Waals surface area contributed by atoms with E-state index in [0.29, 0.717) is 0 Å². The first-order chi connectivity index (χ1) is 7.34. The summed E-state index contributed by atoms with van der Waals surface area (Å²) in [4.78, 5) is 8.35. The summed E-state index contributed by atoms with van der Waals surface area (Å²) < 4.78 is 0. The van der Waals surface area contributed by atoms with Crippen molar-refractivity contribution in [2.45, 2.75) is 6.42 Å².